The lowest BCUT2D eigenvalue weighted by molar-refractivity contribution is -0.124. The summed E-state index contributed by atoms with van der Waals surface area (Å²) in [4.78, 5) is 46.8. The molecule has 2 fully saturated rings. The molecule has 122 valence electrons. The fraction of sp³-hybridized carbons (Fsp3) is 0.692. The zero-order chi connectivity index (χ0) is 15.9. The van der Waals surface area contributed by atoms with Crippen molar-refractivity contribution in [1.82, 2.24) is 20.9 Å². The lowest BCUT2D eigenvalue weighted by Crippen LogP contribution is -2.43. The van der Waals surface area contributed by atoms with Crippen LogP contribution >= 0.6 is 11.8 Å². The van der Waals surface area contributed by atoms with E-state index in [1.54, 1.807) is 0 Å². The second-order valence-corrected chi connectivity index (χ2v) is 6.15. The zero-order valence-corrected chi connectivity index (χ0v) is 13.0. The maximum Gasteiger partial charge on any atom is 0.314 e. The standard InChI is InChI=1S/C13H20N4O4S/c18-10(16-9-2-1-3-9)4-5-14-12(20)15-6-7-17-11(19)8-22-13(17)21/h9H,1-8H2,(H,16,18)(H2,14,15,20). The Morgan fingerprint density at radius 1 is 1.18 bits per heavy atom. The third-order valence-corrected chi connectivity index (χ3v) is 4.43. The van der Waals surface area contributed by atoms with E-state index < -0.39 is 6.03 Å². The lowest BCUT2D eigenvalue weighted by atomic mass is 9.93. The fourth-order valence-corrected chi connectivity index (χ4v) is 2.83. The molecule has 1 heterocycles. The Hall–Kier alpha value is -1.77. The molecular formula is C13H20N4O4S. The monoisotopic (exact) mass is 328 g/mol. The molecule has 0 radical (unpaired) electrons. The number of imide groups is 1. The molecule has 0 aromatic carbocycles. The highest BCUT2D eigenvalue weighted by Crippen LogP contribution is 2.18. The predicted octanol–water partition coefficient (Wildman–Crippen LogP) is 0.0398. The first-order valence-electron chi connectivity index (χ1n) is 7.34. The van der Waals surface area contributed by atoms with Gasteiger partial charge in [0.2, 0.25) is 11.8 Å². The largest absolute Gasteiger partial charge is 0.353 e. The summed E-state index contributed by atoms with van der Waals surface area (Å²) in [6.07, 6.45) is 3.47. The molecule has 1 saturated heterocycles. The fourth-order valence-electron chi connectivity index (χ4n) is 2.08. The number of rotatable bonds is 7. The predicted molar refractivity (Wildman–Crippen MR) is 81.4 cm³/mol. The highest BCUT2D eigenvalue weighted by atomic mass is 32.2. The minimum absolute atomic E-state index is 0.0599. The number of amides is 5. The van der Waals surface area contributed by atoms with Crippen molar-refractivity contribution in [3.63, 3.8) is 0 Å². The summed E-state index contributed by atoms with van der Waals surface area (Å²) in [5.41, 5.74) is 0. The Balaban J connectivity index is 1.51. The van der Waals surface area contributed by atoms with Gasteiger partial charge in [0, 0.05) is 32.1 Å². The van der Waals surface area contributed by atoms with E-state index in [4.69, 9.17) is 0 Å². The molecule has 22 heavy (non-hydrogen) atoms. The van der Waals surface area contributed by atoms with Crippen LogP contribution in [0.15, 0.2) is 0 Å². The maximum atomic E-state index is 11.5. The van der Waals surface area contributed by atoms with Gasteiger partial charge in [-0.1, -0.05) is 11.8 Å². The summed E-state index contributed by atoms with van der Waals surface area (Å²) < 4.78 is 0. The third kappa shape index (κ3) is 4.90. The van der Waals surface area contributed by atoms with Crippen molar-refractivity contribution in [2.45, 2.75) is 31.7 Å². The second-order valence-electron chi connectivity index (χ2n) is 5.23. The number of hydrogen-bond acceptors (Lipinski definition) is 5. The van der Waals surface area contributed by atoms with Gasteiger partial charge < -0.3 is 16.0 Å². The Bertz CT molecular complexity index is 451. The summed E-state index contributed by atoms with van der Waals surface area (Å²) in [6, 6.07) is -0.113. The van der Waals surface area contributed by atoms with Crippen LogP contribution in [0.3, 0.4) is 0 Å². The van der Waals surface area contributed by atoms with Crippen LogP contribution in [-0.2, 0) is 9.59 Å². The second kappa shape index (κ2) is 8.02. The highest BCUT2D eigenvalue weighted by Gasteiger charge is 2.29. The van der Waals surface area contributed by atoms with Gasteiger partial charge in [-0.2, -0.15) is 0 Å². The summed E-state index contributed by atoms with van der Waals surface area (Å²) in [5.74, 6) is -0.124. The Labute approximate surface area is 132 Å². The molecule has 0 unspecified atom stereocenters. The van der Waals surface area contributed by atoms with Gasteiger partial charge in [0.1, 0.15) is 0 Å². The molecule has 0 aromatic rings. The molecule has 0 bridgehead atoms. The van der Waals surface area contributed by atoms with Gasteiger partial charge >= 0.3 is 6.03 Å². The zero-order valence-electron chi connectivity index (χ0n) is 12.2. The molecule has 1 saturated carbocycles. The molecule has 1 aliphatic heterocycles. The first-order valence-corrected chi connectivity index (χ1v) is 8.33. The number of thioether (sulfide) groups is 1. The average Bonchev–Trinajstić information content (AvgIpc) is 2.74. The minimum atomic E-state index is -0.414. The maximum absolute atomic E-state index is 11.5. The average molecular weight is 328 g/mol. The van der Waals surface area contributed by atoms with E-state index >= 15 is 0 Å². The molecule has 2 rings (SSSR count). The Kier molecular flexibility index (Phi) is 6.05. The van der Waals surface area contributed by atoms with Crippen LogP contribution in [0.5, 0.6) is 0 Å². The molecule has 1 aliphatic carbocycles. The molecule has 3 N–H and O–H groups in total. The molecule has 9 heteroatoms. The van der Waals surface area contributed by atoms with Gasteiger partial charge in [0.15, 0.2) is 0 Å². The third-order valence-electron chi connectivity index (χ3n) is 3.57. The van der Waals surface area contributed by atoms with Gasteiger partial charge in [-0.05, 0) is 19.3 Å². The van der Waals surface area contributed by atoms with E-state index in [2.05, 4.69) is 16.0 Å². The summed E-state index contributed by atoms with van der Waals surface area (Å²) in [7, 11) is 0. The lowest BCUT2D eigenvalue weighted by Gasteiger charge is -2.26. The van der Waals surface area contributed by atoms with Crippen LogP contribution in [0.2, 0.25) is 0 Å². The normalized spacial score (nSPS) is 18.1. The number of urea groups is 1. The van der Waals surface area contributed by atoms with Crippen LogP contribution < -0.4 is 16.0 Å². The molecule has 0 aromatic heterocycles. The summed E-state index contributed by atoms with van der Waals surface area (Å²) in [5, 5.41) is 7.72. The van der Waals surface area contributed by atoms with Crippen molar-refractivity contribution < 1.29 is 19.2 Å². The van der Waals surface area contributed by atoms with E-state index in [0.29, 0.717) is 6.04 Å². The number of nitrogens with zero attached hydrogens (tertiary/aromatic N) is 1. The number of hydrogen-bond donors (Lipinski definition) is 3. The van der Waals surface area contributed by atoms with E-state index in [1.807, 2.05) is 0 Å². The topological polar surface area (TPSA) is 108 Å². The van der Waals surface area contributed by atoms with Crippen LogP contribution in [0, 0.1) is 0 Å². The van der Waals surface area contributed by atoms with Gasteiger partial charge in [-0.15, -0.1) is 0 Å². The van der Waals surface area contributed by atoms with E-state index in [9.17, 15) is 19.2 Å². The first kappa shape index (κ1) is 16.6. The SMILES string of the molecule is O=C(CCNC(=O)NCCN1C(=O)CSC1=O)NC1CCC1. The Morgan fingerprint density at radius 2 is 1.91 bits per heavy atom. The van der Waals surface area contributed by atoms with E-state index in [1.165, 1.54) is 0 Å². The van der Waals surface area contributed by atoms with E-state index in [-0.39, 0.29) is 48.9 Å². The molecule has 0 atom stereocenters. The number of carbonyl (C=O) groups is 4. The molecule has 5 amide bonds. The van der Waals surface area contributed by atoms with Gasteiger partial charge in [0.05, 0.1) is 5.75 Å². The van der Waals surface area contributed by atoms with Crippen LogP contribution in [0.25, 0.3) is 0 Å². The molecular weight excluding hydrogens is 308 g/mol. The number of nitrogens with one attached hydrogen (secondary N) is 3. The van der Waals surface area contributed by atoms with Gasteiger partial charge in [0.25, 0.3) is 5.24 Å². The first-order chi connectivity index (χ1) is 10.6. The molecule has 0 spiro atoms. The number of carbonyl (C=O) groups excluding carboxylic acids is 4. The van der Waals surface area contributed by atoms with Crippen LogP contribution in [0.1, 0.15) is 25.7 Å². The highest BCUT2D eigenvalue weighted by molar-refractivity contribution is 8.14. The Morgan fingerprint density at radius 3 is 2.50 bits per heavy atom. The van der Waals surface area contributed by atoms with Crippen molar-refractivity contribution in [3.8, 4) is 0 Å². The quantitative estimate of drug-likeness (QED) is 0.611. The molecule has 8 nitrogen and oxygen atoms in total. The minimum Gasteiger partial charge on any atom is -0.353 e. The van der Waals surface area contributed by atoms with Crippen molar-refractivity contribution in [3.05, 3.63) is 0 Å². The van der Waals surface area contributed by atoms with Crippen molar-refractivity contribution >= 4 is 34.8 Å². The smallest absolute Gasteiger partial charge is 0.314 e. The van der Waals surface area contributed by atoms with Crippen molar-refractivity contribution in [2.24, 2.45) is 0 Å². The van der Waals surface area contributed by atoms with E-state index in [0.717, 1.165) is 35.9 Å². The van der Waals surface area contributed by atoms with Crippen LogP contribution in [0.4, 0.5) is 9.59 Å². The van der Waals surface area contributed by atoms with Gasteiger partial charge in [-0.3, -0.25) is 19.3 Å². The van der Waals surface area contributed by atoms with Gasteiger partial charge in [-0.25, -0.2) is 4.79 Å². The summed E-state index contributed by atoms with van der Waals surface area (Å²) >= 11 is 0.965. The van der Waals surface area contributed by atoms with Crippen LogP contribution in [-0.4, -0.2) is 59.4 Å². The van der Waals surface area contributed by atoms with Crippen molar-refractivity contribution in [2.75, 3.05) is 25.4 Å². The van der Waals surface area contributed by atoms with Crippen molar-refractivity contribution in [1.29, 1.82) is 0 Å². The summed E-state index contributed by atoms with van der Waals surface area (Å²) in [6.45, 7) is 0.611. The molecule has 2 aliphatic rings.